The zero-order valence-corrected chi connectivity index (χ0v) is 17.2. The fourth-order valence-electron chi connectivity index (χ4n) is 4.77. The topological polar surface area (TPSA) is 49.0 Å². The van der Waals surface area contributed by atoms with Gasteiger partial charge in [-0.25, -0.2) is 4.98 Å². The number of hydrogen-bond donors (Lipinski definition) is 1. The normalized spacial score (nSPS) is 20.0. The second-order valence-corrected chi connectivity index (χ2v) is 9.24. The third kappa shape index (κ3) is 3.56. The SMILES string of the molecule is O=c1[nH]c(CN2CCCCC2c2ccc(C(F)(F)F)cc2)nc2sc3c(c12)CCC3. The van der Waals surface area contributed by atoms with E-state index in [9.17, 15) is 18.0 Å². The van der Waals surface area contributed by atoms with Crippen molar-refractivity contribution in [1.82, 2.24) is 14.9 Å². The van der Waals surface area contributed by atoms with Crippen molar-refractivity contribution < 1.29 is 13.2 Å². The number of halogens is 3. The molecule has 1 fully saturated rings. The Kier molecular flexibility index (Phi) is 4.94. The van der Waals surface area contributed by atoms with Gasteiger partial charge in [0.2, 0.25) is 0 Å². The zero-order chi connectivity index (χ0) is 20.9. The first-order chi connectivity index (χ1) is 14.4. The molecule has 0 amide bonds. The van der Waals surface area contributed by atoms with Gasteiger partial charge in [-0.3, -0.25) is 9.69 Å². The maximum atomic E-state index is 12.9. The first-order valence-electron chi connectivity index (χ1n) is 10.3. The van der Waals surface area contributed by atoms with Gasteiger partial charge in [0.1, 0.15) is 10.7 Å². The third-order valence-electron chi connectivity index (χ3n) is 6.21. The third-order valence-corrected chi connectivity index (χ3v) is 7.40. The van der Waals surface area contributed by atoms with Crippen molar-refractivity contribution in [3.63, 3.8) is 0 Å². The number of fused-ring (bicyclic) bond motifs is 3. The standard InChI is InChI=1S/C22H22F3N3OS/c23-22(24,25)14-9-7-13(8-10-14)16-5-1-2-11-28(16)12-18-26-20(29)19-15-4-3-6-17(15)30-21(19)27-18/h7-10,16H,1-6,11-12H2,(H,26,27,29). The fourth-order valence-corrected chi connectivity index (χ4v) is 6.05. The number of nitrogens with one attached hydrogen (secondary N) is 1. The molecule has 3 heterocycles. The molecule has 0 bridgehead atoms. The second-order valence-electron chi connectivity index (χ2n) is 8.15. The van der Waals surface area contributed by atoms with Gasteiger partial charge in [0.25, 0.3) is 5.56 Å². The van der Waals surface area contributed by atoms with Gasteiger partial charge in [-0.05, 0) is 61.9 Å². The minimum Gasteiger partial charge on any atom is -0.309 e. The molecule has 2 aliphatic rings. The van der Waals surface area contributed by atoms with Crippen molar-refractivity contribution >= 4 is 21.6 Å². The van der Waals surface area contributed by atoms with Crippen molar-refractivity contribution in [2.75, 3.05) is 6.54 Å². The van der Waals surface area contributed by atoms with Crippen LogP contribution in [0, 0.1) is 0 Å². The van der Waals surface area contributed by atoms with Crippen LogP contribution in [0.4, 0.5) is 13.2 Å². The molecule has 2 aromatic heterocycles. The number of H-pyrrole nitrogens is 1. The minimum absolute atomic E-state index is 0.0235. The maximum absolute atomic E-state index is 12.9. The molecule has 4 nitrogen and oxygen atoms in total. The Hall–Kier alpha value is -2.19. The molecule has 3 aromatic rings. The van der Waals surface area contributed by atoms with Gasteiger partial charge in [0.05, 0.1) is 17.5 Å². The molecular formula is C22H22F3N3OS. The summed E-state index contributed by atoms with van der Waals surface area (Å²) in [6, 6.07) is 5.49. The molecule has 5 rings (SSSR count). The second kappa shape index (κ2) is 7.50. The first kappa shape index (κ1) is 19.8. The van der Waals surface area contributed by atoms with Crippen LogP contribution in [-0.4, -0.2) is 21.4 Å². The largest absolute Gasteiger partial charge is 0.416 e. The van der Waals surface area contributed by atoms with E-state index in [2.05, 4.69) is 9.88 Å². The lowest BCUT2D eigenvalue weighted by Gasteiger charge is -2.35. The Morgan fingerprint density at radius 1 is 1.13 bits per heavy atom. The summed E-state index contributed by atoms with van der Waals surface area (Å²) >= 11 is 1.62. The van der Waals surface area contributed by atoms with E-state index >= 15 is 0 Å². The summed E-state index contributed by atoms with van der Waals surface area (Å²) in [4.78, 5) is 24.7. The summed E-state index contributed by atoms with van der Waals surface area (Å²) in [5.74, 6) is 0.631. The molecule has 1 saturated heterocycles. The van der Waals surface area contributed by atoms with Crippen LogP contribution in [0.25, 0.3) is 10.2 Å². The van der Waals surface area contributed by atoms with Crippen molar-refractivity contribution in [3.8, 4) is 0 Å². The lowest BCUT2D eigenvalue weighted by atomic mass is 9.94. The minimum atomic E-state index is -4.33. The Morgan fingerprint density at radius 2 is 1.93 bits per heavy atom. The number of benzene rings is 1. The highest BCUT2D eigenvalue weighted by Gasteiger charge is 2.31. The summed E-state index contributed by atoms with van der Waals surface area (Å²) in [5, 5.41) is 0.745. The van der Waals surface area contributed by atoms with Gasteiger partial charge >= 0.3 is 6.18 Å². The Bertz CT molecular complexity index is 1130. The molecule has 158 valence electrons. The summed E-state index contributed by atoms with van der Waals surface area (Å²) < 4.78 is 38.7. The number of piperidine rings is 1. The molecule has 0 spiro atoms. The van der Waals surface area contributed by atoms with Crippen LogP contribution in [0.5, 0.6) is 0 Å². The highest BCUT2D eigenvalue weighted by molar-refractivity contribution is 7.18. The van der Waals surface area contributed by atoms with Gasteiger partial charge in [-0.2, -0.15) is 13.2 Å². The van der Waals surface area contributed by atoms with E-state index in [-0.39, 0.29) is 11.6 Å². The molecule has 1 aliphatic carbocycles. The predicted octanol–water partition coefficient (Wildman–Crippen LogP) is 5.22. The van der Waals surface area contributed by atoms with Crippen molar-refractivity contribution in [3.05, 3.63) is 62.0 Å². The summed E-state index contributed by atoms with van der Waals surface area (Å²) in [5.41, 5.74) is 1.34. The number of nitrogens with zero attached hydrogens (tertiary/aromatic N) is 2. The molecule has 1 N–H and O–H groups in total. The summed E-state index contributed by atoms with van der Waals surface area (Å²) in [7, 11) is 0. The highest BCUT2D eigenvalue weighted by Crippen LogP contribution is 2.36. The average Bonchev–Trinajstić information content (AvgIpc) is 3.29. The van der Waals surface area contributed by atoms with E-state index in [0.29, 0.717) is 12.4 Å². The Morgan fingerprint density at radius 3 is 2.70 bits per heavy atom. The molecule has 1 unspecified atom stereocenters. The van der Waals surface area contributed by atoms with Crippen molar-refractivity contribution in [1.29, 1.82) is 0 Å². The van der Waals surface area contributed by atoms with Crippen LogP contribution >= 0.6 is 11.3 Å². The number of aromatic amines is 1. The average molecular weight is 433 g/mol. The molecule has 8 heteroatoms. The monoisotopic (exact) mass is 433 g/mol. The molecule has 0 radical (unpaired) electrons. The fraction of sp³-hybridized carbons (Fsp3) is 0.455. The lowest BCUT2D eigenvalue weighted by Crippen LogP contribution is -2.34. The lowest BCUT2D eigenvalue weighted by molar-refractivity contribution is -0.137. The van der Waals surface area contributed by atoms with Crippen molar-refractivity contribution in [2.24, 2.45) is 0 Å². The van der Waals surface area contributed by atoms with E-state index in [1.807, 2.05) is 0 Å². The van der Waals surface area contributed by atoms with E-state index in [1.54, 1.807) is 23.5 Å². The van der Waals surface area contributed by atoms with E-state index < -0.39 is 11.7 Å². The van der Waals surface area contributed by atoms with Crippen molar-refractivity contribution in [2.45, 2.75) is 57.3 Å². The van der Waals surface area contributed by atoms with Gasteiger partial charge in [0.15, 0.2) is 0 Å². The number of thiophene rings is 1. The van der Waals surface area contributed by atoms with Gasteiger partial charge in [-0.1, -0.05) is 18.6 Å². The maximum Gasteiger partial charge on any atom is 0.416 e. The van der Waals surface area contributed by atoms with E-state index in [0.717, 1.165) is 78.5 Å². The molecular weight excluding hydrogens is 411 g/mol. The van der Waals surface area contributed by atoms with Crippen LogP contribution in [0.1, 0.15) is 59.1 Å². The van der Waals surface area contributed by atoms with Crippen LogP contribution in [0.15, 0.2) is 29.1 Å². The Labute approximate surface area is 175 Å². The van der Waals surface area contributed by atoms with E-state index in [1.165, 1.54) is 4.88 Å². The van der Waals surface area contributed by atoms with Crippen LogP contribution < -0.4 is 5.56 Å². The summed E-state index contributed by atoms with van der Waals surface area (Å²) in [6.45, 7) is 1.31. The first-order valence-corrected chi connectivity index (χ1v) is 11.2. The van der Waals surface area contributed by atoms with Gasteiger partial charge < -0.3 is 4.98 Å². The van der Waals surface area contributed by atoms with Crippen LogP contribution in [0.3, 0.4) is 0 Å². The number of rotatable bonds is 3. The van der Waals surface area contributed by atoms with Crippen LogP contribution in [0.2, 0.25) is 0 Å². The molecule has 0 saturated carbocycles. The number of aromatic nitrogens is 2. The van der Waals surface area contributed by atoms with E-state index in [4.69, 9.17) is 4.98 Å². The summed E-state index contributed by atoms with van der Waals surface area (Å²) in [6.07, 6.45) is 1.67. The van der Waals surface area contributed by atoms with Gasteiger partial charge in [-0.15, -0.1) is 11.3 Å². The molecule has 1 aliphatic heterocycles. The molecule has 1 aromatic carbocycles. The number of likely N-dealkylation sites (tertiary alicyclic amines) is 1. The number of alkyl halides is 3. The molecule has 1 atom stereocenters. The predicted molar refractivity (Wildman–Crippen MR) is 111 cm³/mol. The quantitative estimate of drug-likeness (QED) is 0.616. The number of aryl methyl sites for hydroxylation is 2. The van der Waals surface area contributed by atoms with Gasteiger partial charge in [0, 0.05) is 10.9 Å². The van der Waals surface area contributed by atoms with Crippen LogP contribution in [-0.2, 0) is 25.6 Å². The number of hydrogen-bond acceptors (Lipinski definition) is 4. The highest BCUT2D eigenvalue weighted by atomic mass is 32.1. The Balaban J connectivity index is 1.42. The zero-order valence-electron chi connectivity index (χ0n) is 16.4. The smallest absolute Gasteiger partial charge is 0.309 e. The molecule has 30 heavy (non-hydrogen) atoms.